The fraction of sp³-hybridized carbons (Fsp3) is 0.636. The minimum absolute atomic E-state index is 0.0723. The monoisotopic (exact) mass is 400 g/mol. The molecule has 0 radical (unpaired) electrons. The van der Waals surface area contributed by atoms with E-state index in [2.05, 4.69) is 36.1 Å². The van der Waals surface area contributed by atoms with Crippen molar-refractivity contribution >= 4 is 16.8 Å². The van der Waals surface area contributed by atoms with Crippen LogP contribution >= 0.6 is 0 Å². The van der Waals surface area contributed by atoms with Crippen LogP contribution in [0.2, 0.25) is 0 Å². The van der Waals surface area contributed by atoms with Gasteiger partial charge in [0.15, 0.2) is 0 Å². The van der Waals surface area contributed by atoms with Crippen molar-refractivity contribution in [2.75, 3.05) is 33.4 Å². The molecule has 3 heterocycles. The molecule has 1 amide bonds. The predicted octanol–water partition coefficient (Wildman–Crippen LogP) is 2.19. The Morgan fingerprint density at radius 2 is 2.31 bits per heavy atom. The van der Waals surface area contributed by atoms with Crippen molar-refractivity contribution in [3.05, 3.63) is 29.7 Å². The van der Waals surface area contributed by atoms with Gasteiger partial charge in [0.05, 0.1) is 30.1 Å². The molecule has 29 heavy (non-hydrogen) atoms. The summed E-state index contributed by atoms with van der Waals surface area (Å²) in [7, 11) is 3.79. The quantitative estimate of drug-likeness (QED) is 0.688. The standard InChI is InChI=1S/C22H32N4O3/c1-15(26(17-6-7-17)22(27)21-13-23-8-10-29-21)19-11-18-16(5-4-9-28-3)14-25(2)20(18)12-24-19/h11-12,14-15,17,21,23H,4-10,13H2,1-3H3/t15-,21-/m1/s1. The Morgan fingerprint density at radius 3 is 3.00 bits per heavy atom. The van der Waals surface area contributed by atoms with Gasteiger partial charge < -0.3 is 24.3 Å². The number of carbonyl (C=O) groups is 1. The highest BCUT2D eigenvalue weighted by Crippen LogP contribution is 2.36. The van der Waals surface area contributed by atoms with Gasteiger partial charge in [-0.25, -0.2) is 0 Å². The van der Waals surface area contributed by atoms with Crippen LogP contribution in [-0.2, 0) is 27.7 Å². The molecule has 1 saturated heterocycles. The summed E-state index contributed by atoms with van der Waals surface area (Å²) in [4.78, 5) is 20.0. The number of amides is 1. The van der Waals surface area contributed by atoms with Crippen LogP contribution in [0, 0.1) is 0 Å². The molecule has 2 aliphatic rings. The molecule has 7 nitrogen and oxygen atoms in total. The van der Waals surface area contributed by atoms with Gasteiger partial charge >= 0.3 is 0 Å². The second kappa shape index (κ2) is 8.81. The lowest BCUT2D eigenvalue weighted by atomic mass is 10.1. The molecule has 2 aromatic rings. The van der Waals surface area contributed by atoms with Gasteiger partial charge in [0, 0.05) is 51.5 Å². The van der Waals surface area contributed by atoms with Crippen molar-refractivity contribution in [2.45, 2.75) is 50.8 Å². The summed E-state index contributed by atoms with van der Waals surface area (Å²) < 4.78 is 13.1. The number of carbonyl (C=O) groups excluding carboxylic acids is 1. The molecule has 0 aromatic carbocycles. The number of nitrogens with one attached hydrogen (secondary N) is 1. The van der Waals surface area contributed by atoms with Gasteiger partial charge in [-0.3, -0.25) is 9.78 Å². The molecule has 1 aliphatic heterocycles. The number of morpholine rings is 1. The Hall–Kier alpha value is -1.96. The first kappa shape index (κ1) is 20.3. The van der Waals surface area contributed by atoms with E-state index in [-0.39, 0.29) is 11.9 Å². The van der Waals surface area contributed by atoms with Crippen molar-refractivity contribution in [1.82, 2.24) is 19.8 Å². The molecule has 2 fully saturated rings. The third-order valence-corrected chi connectivity index (χ3v) is 6.02. The van der Waals surface area contributed by atoms with Gasteiger partial charge in [0.2, 0.25) is 0 Å². The van der Waals surface area contributed by atoms with Crippen molar-refractivity contribution in [2.24, 2.45) is 7.05 Å². The van der Waals surface area contributed by atoms with Gasteiger partial charge in [0.25, 0.3) is 5.91 Å². The van der Waals surface area contributed by atoms with E-state index in [0.717, 1.165) is 50.0 Å². The number of pyridine rings is 1. The summed E-state index contributed by atoms with van der Waals surface area (Å²) in [5.41, 5.74) is 3.37. The lowest BCUT2D eigenvalue weighted by Crippen LogP contribution is -2.50. The van der Waals surface area contributed by atoms with E-state index in [9.17, 15) is 4.79 Å². The highest BCUT2D eigenvalue weighted by molar-refractivity contribution is 5.85. The summed E-state index contributed by atoms with van der Waals surface area (Å²) in [6.45, 7) is 4.82. The number of rotatable bonds is 8. The van der Waals surface area contributed by atoms with Crippen LogP contribution in [0.4, 0.5) is 0 Å². The molecule has 4 rings (SSSR count). The average molecular weight is 401 g/mol. The number of aryl methyl sites for hydroxylation is 2. The molecule has 158 valence electrons. The van der Waals surface area contributed by atoms with Crippen LogP contribution < -0.4 is 5.32 Å². The minimum atomic E-state index is -0.392. The lowest BCUT2D eigenvalue weighted by molar-refractivity contribution is -0.148. The molecule has 0 bridgehead atoms. The third-order valence-electron chi connectivity index (χ3n) is 6.02. The second-order valence-electron chi connectivity index (χ2n) is 8.20. The molecule has 2 aromatic heterocycles. The molecular weight excluding hydrogens is 368 g/mol. The maximum absolute atomic E-state index is 13.2. The van der Waals surface area contributed by atoms with Crippen LogP contribution in [0.5, 0.6) is 0 Å². The topological polar surface area (TPSA) is 68.6 Å². The first-order chi connectivity index (χ1) is 14.1. The lowest BCUT2D eigenvalue weighted by Gasteiger charge is -2.34. The summed E-state index contributed by atoms with van der Waals surface area (Å²) >= 11 is 0. The zero-order chi connectivity index (χ0) is 20.4. The summed E-state index contributed by atoms with van der Waals surface area (Å²) in [5, 5.41) is 4.49. The summed E-state index contributed by atoms with van der Waals surface area (Å²) in [6, 6.07) is 2.40. The van der Waals surface area contributed by atoms with Crippen molar-refractivity contribution < 1.29 is 14.3 Å². The third kappa shape index (κ3) is 4.32. The molecular formula is C22H32N4O3. The number of ether oxygens (including phenoxy) is 2. The molecule has 0 spiro atoms. The maximum Gasteiger partial charge on any atom is 0.253 e. The summed E-state index contributed by atoms with van der Waals surface area (Å²) in [6.07, 6.45) is 7.81. The van der Waals surface area contributed by atoms with E-state index in [1.165, 1.54) is 10.9 Å². The zero-order valence-electron chi connectivity index (χ0n) is 17.7. The minimum Gasteiger partial charge on any atom is -0.385 e. The van der Waals surface area contributed by atoms with Gasteiger partial charge in [-0.2, -0.15) is 0 Å². The maximum atomic E-state index is 13.2. The molecule has 1 aliphatic carbocycles. The molecule has 2 atom stereocenters. The van der Waals surface area contributed by atoms with E-state index >= 15 is 0 Å². The number of hydrogen-bond donors (Lipinski definition) is 1. The van der Waals surface area contributed by atoms with Crippen molar-refractivity contribution in [3.8, 4) is 0 Å². The van der Waals surface area contributed by atoms with E-state index in [0.29, 0.717) is 19.2 Å². The molecule has 7 heteroatoms. The highest BCUT2D eigenvalue weighted by atomic mass is 16.5. The highest BCUT2D eigenvalue weighted by Gasteiger charge is 2.40. The summed E-state index contributed by atoms with van der Waals surface area (Å²) in [5.74, 6) is 0.0856. The number of fused-ring (bicyclic) bond motifs is 1. The van der Waals surface area contributed by atoms with E-state index < -0.39 is 6.10 Å². The van der Waals surface area contributed by atoms with E-state index in [4.69, 9.17) is 14.5 Å². The van der Waals surface area contributed by atoms with E-state index in [1.54, 1.807) is 7.11 Å². The average Bonchev–Trinajstić information content (AvgIpc) is 3.53. The Balaban J connectivity index is 1.59. The first-order valence-corrected chi connectivity index (χ1v) is 10.7. The largest absolute Gasteiger partial charge is 0.385 e. The predicted molar refractivity (Wildman–Crippen MR) is 112 cm³/mol. The molecule has 1 saturated carbocycles. The fourth-order valence-corrected chi connectivity index (χ4v) is 4.28. The van der Waals surface area contributed by atoms with Crippen LogP contribution in [-0.4, -0.2) is 65.9 Å². The van der Waals surface area contributed by atoms with Gasteiger partial charge in [-0.1, -0.05) is 0 Å². The molecule has 1 N–H and O–H groups in total. The molecule has 0 unspecified atom stereocenters. The van der Waals surface area contributed by atoms with Crippen LogP contribution in [0.1, 0.15) is 43.5 Å². The Bertz CT molecular complexity index is 855. The Labute approximate surface area is 172 Å². The van der Waals surface area contributed by atoms with Crippen molar-refractivity contribution in [3.63, 3.8) is 0 Å². The number of hydrogen-bond acceptors (Lipinski definition) is 5. The zero-order valence-corrected chi connectivity index (χ0v) is 17.7. The number of aromatic nitrogens is 2. The van der Waals surface area contributed by atoms with E-state index in [1.807, 2.05) is 11.1 Å². The van der Waals surface area contributed by atoms with Crippen LogP contribution in [0.3, 0.4) is 0 Å². The van der Waals surface area contributed by atoms with Crippen LogP contribution in [0.15, 0.2) is 18.5 Å². The fourth-order valence-electron chi connectivity index (χ4n) is 4.28. The Morgan fingerprint density at radius 1 is 1.48 bits per heavy atom. The first-order valence-electron chi connectivity index (χ1n) is 10.7. The van der Waals surface area contributed by atoms with Crippen LogP contribution in [0.25, 0.3) is 10.9 Å². The number of nitrogens with zero attached hydrogens (tertiary/aromatic N) is 3. The Kier molecular flexibility index (Phi) is 6.18. The van der Waals surface area contributed by atoms with Gasteiger partial charge in [-0.05, 0) is 44.2 Å². The number of methoxy groups -OCH3 is 1. The SMILES string of the molecule is COCCCc1cn(C)c2cnc([C@@H](C)N(C(=O)[C@H]3CNCCO3)C3CC3)cc12. The van der Waals surface area contributed by atoms with Gasteiger partial charge in [0.1, 0.15) is 6.10 Å². The smallest absolute Gasteiger partial charge is 0.253 e. The van der Waals surface area contributed by atoms with Gasteiger partial charge in [-0.15, -0.1) is 0 Å². The normalized spacial score (nSPS) is 20.7. The second-order valence-corrected chi connectivity index (χ2v) is 8.20. The van der Waals surface area contributed by atoms with Crippen molar-refractivity contribution in [1.29, 1.82) is 0 Å².